The van der Waals surface area contributed by atoms with Gasteiger partial charge in [-0.1, -0.05) is 278 Å². The van der Waals surface area contributed by atoms with Gasteiger partial charge in [-0.15, -0.1) is 0 Å². The highest BCUT2D eigenvalue weighted by Gasteiger charge is 2.30. The minimum absolute atomic E-state index is 0.00529. The van der Waals surface area contributed by atoms with Crippen LogP contribution < -0.4 is 0 Å². The van der Waals surface area contributed by atoms with Crippen LogP contribution in [0.4, 0.5) is 0 Å². The Hall–Kier alpha value is -4.54. The minimum atomic E-state index is -5.01. The fourth-order valence-electron chi connectivity index (χ4n) is 10.6. The average molecular weight is 1500 g/mol. The van der Waals surface area contributed by atoms with E-state index in [0.717, 1.165) is 141 Å². The molecule has 0 aromatic rings. The lowest BCUT2D eigenvalue weighted by molar-refractivity contribution is -0.161. The number of rotatable bonds is 76. The standard InChI is InChI=1S/C85H146O17P2/c1-5-9-13-17-21-25-29-33-37-39-43-46-50-54-58-62-66-70-83(88)96-76-81(102-85(90)72-68-64-60-56-52-48-44-40-38-34-30-26-22-18-14-10-6-2)78-100-104(93,94)98-74-79(86)73-97-103(91,92)99-77-80(101-84(89)71-67-63-59-55-51-47-42-36-32-28-24-20-16-12-8-4)75-95-82(87)69-65-61-57-53-49-45-41-35-31-27-23-19-15-11-7-3/h21-22,25-26,28,32-35,37-38,41,43-44,46,48,54,56,58,60,79-81,86H,5-20,23-24,27,29-31,36,39-40,42,45,47,49-53,55,57,59,61-78H2,1-4H3,(H,91,92)(H,93,94)/b25-21-,26-22-,32-28-,37-33-,38-34-,41-35-,46-43-,48-44-,58-54-,60-56-/t79-,80+,81+/m0/s1. The summed E-state index contributed by atoms with van der Waals surface area (Å²) in [5.41, 5.74) is 0. The Bertz CT molecular complexity index is 2440. The number of hydrogen-bond acceptors (Lipinski definition) is 15. The highest BCUT2D eigenvalue weighted by molar-refractivity contribution is 7.47. The summed E-state index contributed by atoms with van der Waals surface area (Å²) in [6, 6.07) is 0. The largest absolute Gasteiger partial charge is 0.472 e. The van der Waals surface area contributed by atoms with E-state index in [1.807, 2.05) is 24.3 Å². The molecular weight excluding hydrogens is 1350 g/mol. The van der Waals surface area contributed by atoms with E-state index < -0.39 is 97.5 Å². The third kappa shape index (κ3) is 75.7. The van der Waals surface area contributed by atoms with Crippen LogP contribution in [-0.4, -0.2) is 96.7 Å². The van der Waals surface area contributed by atoms with Gasteiger partial charge in [-0.2, -0.15) is 0 Å². The zero-order chi connectivity index (χ0) is 76.0. The van der Waals surface area contributed by atoms with Crippen molar-refractivity contribution in [3.63, 3.8) is 0 Å². The molecule has 0 aromatic carbocycles. The van der Waals surface area contributed by atoms with Crippen LogP contribution in [-0.2, 0) is 65.4 Å². The maximum atomic E-state index is 13.1. The van der Waals surface area contributed by atoms with Crippen molar-refractivity contribution >= 4 is 39.5 Å². The van der Waals surface area contributed by atoms with Gasteiger partial charge in [-0.3, -0.25) is 37.3 Å². The summed E-state index contributed by atoms with van der Waals surface area (Å²) in [6.07, 6.45) is 84.7. The van der Waals surface area contributed by atoms with Crippen molar-refractivity contribution in [1.29, 1.82) is 0 Å². The van der Waals surface area contributed by atoms with Gasteiger partial charge in [0.1, 0.15) is 19.3 Å². The first-order chi connectivity index (χ1) is 50.7. The first-order valence-electron chi connectivity index (χ1n) is 40.8. The first kappa shape index (κ1) is 99.5. The van der Waals surface area contributed by atoms with Gasteiger partial charge in [0.05, 0.1) is 26.4 Å². The summed E-state index contributed by atoms with van der Waals surface area (Å²) in [4.78, 5) is 73.0. The Labute approximate surface area is 632 Å². The van der Waals surface area contributed by atoms with E-state index in [4.69, 9.17) is 37.0 Å². The van der Waals surface area contributed by atoms with Crippen molar-refractivity contribution in [2.75, 3.05) is 39.6 Å². The first-order valence-corrected chi connectivity index (χ1v) is 43.8. The zero-order valence-corrected chi connectivity index (χ0v) is 67.2. The van der Waals surface area contributed by atoms with E-state index in [1.165, 1.54) is 103 Å². The molecule has 0 saturated heterocycles. The van der Waals surface area contributed by atoms with Crippen LogP contribution in [0.25, 0.3) is 0 Å². The van der Waals surface area contributed by atoms with Gasteiger partial charge in [0.25, 0.3) is 0 Å². The molecule has 0 heterocycles. The van der Waals surface area contributed by atoms with Gasteiger partial charge in [-0.05, 0) is 154 Å². The second-order valence-electron chi connectivity index (χ2n) is 27.0. The Morgan fingerprint density at radius 2 is 0.481 bits per heavy atom. The maximum absolute atomic E-state index is 13.1. The normalized spacial score (nSPS) is 14.5. The van der Waals surface area contributed by atoms with Crippen LogP contribution in [0.15, 0.2) is 122 Å². The van der Waals surface area contributed by atoms with E-state index in [2.05, 4.69) is 125 Å². The molecule has 0 bridgehead atoms. The molecule has 598 valence electrons. The minimum Gasteiger partial charge on any atom is -0.462 e. The Kier molecular flexibility index (Phi) is 73.3. The molecule has 19 heteroatoms. The third-order valence-corrected chi connectivity index (χ3v) is 18.8. The lowest BCUT2D eigenvalue weighted by Crippen LogP contribution is -2.30. The number of ether oxygens (including phenoxy) is 4. The SMILES string of the molecule is CCCCC/C=C\C/C=C\C/C=C\C/C=C\CCCC(=O)OC[C@H](COP(=O)(O)OC[C@@H](O)COP(=O)(O)OC[C@@H](COC(=O)CCCCCCC/C=C\CCCCCCCC)OC(=O)CCCCCCCCC/C=C\CCCCCC)OC(=O)CCC/C=C\C/C=C\C/C=C\C/C=C\CCCCC. The van der Waals surface area contributed by atoms with E-state index >= 15 is 0 Å². The molecule has 0 spiro atoms. The molecular formula is C85H146O17P2. The highest BCUT2D eigenvalue weighted by atomic mass is 31.2. The van der Waals surface area contributed by atoms with Crippen LogP contribution in [0.3, 0.4) is 0 Å². The number of unbranched alkanes of at least 4 members (excludes halogenated alkanes) is 30. The van der Waals surface area contributed by atoms with E-state index in [1.54, 1.807) is 0 Å². The molecule has 0 aromatic heterocycles. The molecule has 0 radical (unpaired) electrons. The number of aliphatic hydroxyl groups excluding tert-OH is 1. The van der Waals surface area contributed by atoms with E-state index in [9.17, 15) is 43.2 Å². The van der Waals surface area contributed by atoms with Crippen molar-refractivity contribution in [3.8, 4) is 0 Å². The van der Waals surface area contributed by atoms with Gasteiger partial charge in [0.15, 0.2) is 12.2 Å². The monoisotopic (exact) mass is 1500 g/mol. The van der Waals surface area contributed by atoms with Crippen LogP contribution >= 0.6 is 15.6 Å². The fourth-order valence-corrected chi connectivity index (χ4v) is 12.2. The molecule has 0 aliphatic rings. The van der Waals surface area contributed by atoms with E-state index in [-0.39, 0.29) is 25.7 Å². The lowest BCUT2D eigenvalue weighted by atomic mass is 10.1. The Balaban J connectivity index is 5.47. The lowest BCUT2D eigenvalue weighted by Gasteiger charge is -2.21. The topological polar surface area (TPSA) is 237 Å². The van der Waals surface area contributed by atoms with Gasteiger partial charge < -0.3 is 33.8 Å². The van der Waals surface area contributed by atoms with Crippen molar-refractivity contribution in [2.24, 2.45) is 0 Å². The number of hydrogen-bond donors (Lipinski definition) is 3. The third-order valence-electron chi connectivity index (χ3n) is 16.9. The fraction of sp³-hybridized carbons (Fsp3) is 0.718. The Morgan fingerprint density at radius 3 is 0.808 bits per heavy atom. The molecule has 0 aliphatic heterocycles. The van der Waals surface area contributed by atoms with Crippen LogP contribution in [0.5, 0.6) is 0 Å². The van der Waals surface area contributed by atoms with Gasteiger partial charge >= 0.3 is 39.5 Å². The zero-order valence-electron chi connectivity index (χ0n) is 65.4. The molecule has 0 fully saturated rings. The number of aliphatic hydroxyl groups is 1. The van der Waals surface area contributed by atoms with Gasteiger partial charge in [0.2, 0.25) is 0 Å². The second kappa shape index (κ2) is 76.6. The van der Waals surface area contributed by atoms with Crippen LogP contribution in [0.1, 0.15) is 336 Å². The number of carbonyl (C=O) groups excluding carboxylic acids is 4. The van der Waals surface area contributed by atoms with Crippen LogP contribution in [0.2, 0.25) is 0 Å². The van der Waals surface area contributed by atoms with Gasteiger partial charge in [-0.25, -0.2) is 9.13 Å². The summed E-state index contributed by atoms with van der Waals surface area (Å²) in [5, 5.41) is 10.6. The maximum Gasteiger partial charge on any atom is 0.472 e. The van der Waals surface area contributed by atoms with Crippen molar-refractivity contribution in [2.45, 2.75) is 354 Å². The predicted octanol–water partition coefficient (Wildman–Crippen LogP) is 23.9. The predicted molar refractivity (Wildman–Crippen MR) is 427 cm³/mol. The van der Waals surface area contributed by atoms with Crippen molar-refractivity contribution in [3.05, 3.63) is 122 Å². The smallest absolute Gasteiger partial charge is 0.462 e. The molecule has 0 aliphatic carbocycles. The Morgan fingerprint density at radius 1 is 0.269 bits per heavy atom. The summed E-state index contributed by atoms with van der Waals surface area (Å²) >= 11 is 0. The highest BCUT2D eigenvalue weighted by Crippen LogP contribution is 2.45. The number of carbonyl (C=O) groups is 4. The molecule has 0 rings (SSSR count). The number of allylic oxidation sites excluding steroid dienone is 20. The molecule has 0 amide bonds. The molecule has 2 unspecified atom stereocenters. The number of esters is 4. The second-order valence-corrected chi connectivity index (χ2v) is 29.9. The van der Waals surface area contributed by atoms with Crippen LogP contribution in [0, 0.1) is 0 Å². The summed E-state index contributed by atoms with van der Waals surface area (Å²) < 4.78 is 68.5. The number of phosphoric acid groups is 2. The van der Waals surface area contributed by atoms with Gasteiger partial charge in [0, 0.05) is 25.7 Å². The van der Waals surface area contributed by atoms with E-state index in [0.29, 0.717) is 38.5 Å². The molecule has 5 atom stereocenters. The number of phosphoric ester groups is 2. The van der Waals surface area contributed by atoms with Crippen molar-refractivity contribution < 1.29 is 80.2 Å². The van der Waals surface area contributed by atoms with Crippen molar-refractivity contribution in [1.82, 2.24) is 0 Å². The molecule has 17 nitrogen and oxygen atoms in total. The average Bonchev–Trinajstić information content (AvgIpc) is 0.926. The quantitative estimate of drug-likeness (QED) is 0.0169. The molecule has 3 N–H and O–H groups in total. The summed E-state index contributed by atoms with van der Waals surface area (Å²) in [5.74, 6) is -2.31. The summed E-state index contributed by atoms with van der Waals surface area (Å²) in [7, 11) is -10.00. The summed E-state index contributed by atoms with van der Waals surface area (Å²) in [6.45, 7) is 4.69. The molecule has 104 heavy (non-hydrogen) atoms. The molecule has 0 saturated carbocycles.